The summed E-state index contributed by atoms with van der Waals surface area (Å²) in [5, 5.41) is 12.5. The summed E-state index contributed by atoms with van der Waals surface area (Å²) < 4.78 is 28.8. The van der Waals surface area contributed by atoms with E-state index in [1.165, 1.54) is 11.0 Å². The largest absolute Gasteiger partial charge is 0.465 e. The van der Waals surface area contributed by atoms with E-state index in [4.69, 9.17) is 0 Å². The van der Waals surface area contributed by atoms with Gasteiger partial charge in [-0.05, 0) is 61.4 Å². The molecule has 1 aliphatic heterocycles. The number of amides is 2. The average Bonchev–Trinajstić information content (AvgIpc) is 2.83. The number of nitrogens with zero attached hydrogens (tertiary/aromatic N) is 2. The molecule has 186 valence electrons. The number of carbonyl (C=O) groups excluding carboxylic acids is 1. The van der Waals surface area contributed by atoms with Crippen LogP contribution in [0.25, 0.3) is 0 Å². The maximum Gasteiger partial charge on any atom is 0.407 e. The standard InChI is InChI=1S/C26H31N3O5S/c1-2-24(30)27-22-13-16-29(26(17-22)14-6-15-26)35(33,34)23-11-9-21(10-12-23)19-28(25(31)32)18-20-7-4-3-5-8-20/h2-5,7-12,22H,1,6,13-19H2,(H,27,30)(H,31,32). The van der Waals surface area contributed by atoms with E-state index >= 15 is 0 Å². The fourth-order valence-corrected chi connectivity index (χ4v) is 6.93. The first-order valence-electron chi connectivity index (χ1n) is 11.8. The molecule has 1 saturated carbocycles. The number of carbonyl (C=O) groups is 2. The third-order valence-corrected chi connectivity index (χ3v) is 9.04. The van der Waals surface area contributed by atoms with Crippen molar-refractivity contribution in [2.24, 2.45) is 0 Å². The van der Waals surface area contributed by atoms with E-state index in [1.54, 1.807) is 28.6 Å². The van der Waals surface area contributed by atoms with Crippen LogP contribution in [0.3, 0.4) is 0 Å². The second-order valence-corrected chi connectivity index (χ2v) is 11.2. The molecule has 2 fully saturated rings. The van der Waals surface area contributed by atoms with Crippen LogP contribution in [0.2, 0.25) is 0 Å². The molecule has 2 amide bonds. The van der Waals surface area contributed by atoms with Gasteiger partial charge >= 0.3 is 6.09 Å². The number of benzene rings is 2. The van der Waals surface area contributed by atoms with Crippen LogP contribution < -0.4 is 5.32 Å². The van der Waals surface area contributed by atoms with Gasteiger partial charge in [0, 0.05) is 31.2 Å². The molecule has 8 nitrogen and oxygen atoms in total. The molecule has 0 aromatic heterocycles. The zero-order chi connectivity index (χ0) is 25.1. The van der Waals surface area contributed by atoms with Gasteiger partial charge in [-0.25, -0.2) is 13.2 Å². The van der Waals surface area contributed by atoms with Crippen molar-refractivity contribution in [2.45, 2.75) is 61.7 Å². The lowest BCUT2D eigenvalue weighted by Gasteiger charge is -2.54. The summed E-state index contributed by atoms with van der Waals surface area (Å²) in [5.41, 5.74) is 1.13. The monoisotopic (exact) mass is 497 g/mol. The number of sulfonamides is 1. The molecule has 1 aliphatic carbocycles. The molecule has 0 bridgehead atoms. The molecule has 2 aromatic rings. The number of hydrogen-bond acceptors (Lipinski definition) is 4. The molecule has 2 aliphatic rings. The topological polar surface area (TPSA) is 107 Å². The average molecular weight is 498 g/mol. The Hall–Kier alpha value is -3.17. The van der Waals surface area contributed by atoms with Crippen LogP contribution in [0.4, 0.5) is 4.79 Å². The van der Waals surface area contributed by atoms with Crippen molar-refractivity contribution in [2.75, 3.05) is 6.54 Å². The maximum absolute atomic E-state index is 13.6. The van der Waals surface area contributed by atoms with Gasteiger partial charge in [-0.3, -0.25) is 9.69 Å². The first-order valence-corrected chi connectivity index (χ1v) is 13.2. The smallest absolute Gasteiger partial charge is 0.407 e. The van der Waals surface area contributed by atoms with Gasteiger partial charge in [0.1, 0.15) is 0 Å². The number of nitrogens with one attached hydrogen (secondary N) is 1. The minimum atomic E-state index is -3.73. The molecule has 2 aromatic carbocycles. The van der Waals surface area contributed by atoms with E-state index in [-0.39, 0.29) is 29.9 Å². The van der Waals surface area contributed by atoms with Crippen LogP contribution in [0, 0.1) is 0 Å². The minimum Gasteiger partial charge on any atom is -0.465 e. The minimum absolute atomic E-state index is 0.0683. The van der Waals surface area contributed by atoms with Gasteiger partial charge in [0.25, 0.3) is 0 Å². The van der Waals surface area contributed by atoms with E-state index in [0.29, 0.717) is 24.9 Å². The predicted molar refractivity (Wildman–Crippen MR) is 132 cm³/mol. The zero-order valence-electron chi connectivity index (χ0n) is 19.6. The van der Waals surface area contributed by atoms with Gasteiger partial charge in [0.2, 0.25) is 15.9 Å². The maximum atomic E-state index is 13.6. The van der Waals surface area contributed by atoms with Crippen LogP contribution in [0.15, 0.2) is 72.1 Å². The summed E-state index contributed by atoms with van der Waals surface area (Å²) in [4.78, 5) is 25.0. The molecule has 1 unspecified atom stereocenters. The van der Waals surface area contributed by atoms with E-state index in [1.807, 2.05) is 30.3 Å². The van der Waals surface area contributed by atoms with E-state index in [0.717, 1.165) is 24.8 Å². The van der Waals surface area contributed by atoms with Crippen LogP contribution >= 0.6 is 0 Å². The molecule has 0 radical (unpaired) electrons. The lowest BCUT2D eigenvalue weighted by atomic mass is 9.70. The third-order valence-electron chi connectivity index (χ3n) is 7.02. The van der Waals surface area contributed by atoms with Gasteiger partial charge in [0.15, 0.2) is 0 Å². The Morgan fingerprint density at radius 2 is 1.71 bits per heavy atom. The molecule has 9 heteroatoms. The zero-order valence-corrected chi connectivity index (χ0v) is 20.4. The Bertz CT molecular complexity index is 1180. The summed E-state index contributed by atoms with van der Waals surface area (Å²) in [6.45, 7) is 4.24. The summed E-state index contributed by atoms with van der Waals surface area (Å²) >= 11 is 0. The summed E-state index contributed by atoms with van der Waals surface area (Å²) in [6, 6.07) is 15.7. The highest BCUT2D eigenvalue weighted by atomic mass is 32.2. The van der Waals surface area contributed by atoms with Crippen LogP contribution in [0.1, 0.15) is 43.2 Å². The van der Waals surface area contributed by atoms with Crippen molar-refractivity contribution in [3.8, 4) is 0 Å². The fraction of sp³-hybridized carbons (Fsp3) is 0.385. The van der Waals surface area contributed by atoms with E-state index < -0.39 is 21.7 Å². The van der Waals surface area contributed by atoms with Crippen molar-refractivity contribution in [3.63, 3.8) is 0 Å². The fourth-order valence-electron chi connectivity index (χ4n) is 5.08. The lowest BCUT2D eigenvalue weighted by molar-refractivity contribution is -0.117. The number of carboxylic acid groups (broad SMARTS) is 1. The van der Waals surface area contributed by atoms with Gasteiger partial charge in [0.05, 0.1) is 4.90 Å². The quantitative estimate of drug-likeness (QED) is 0.540. The Labute approximate surface area is 206 Å². The molecule has 1 heterocycles. The highest BCUT2D eigenvalue weighted by Crippen LogP contribution is 2.46. The molecule has 35 heavy (non-hydrogen) atoms. The molecular weight excluding hydrogens is 466 g/mol. The molecule has 2 N–H and O–H groups in total. The van der Waals surface area contributed by atoms with Crippen LogP contribution in [-0.4, -0.2) is 52.9 Å². The van der Waals surface area contributed by atoms with Crippen molar-refractivity contribution in [3.05, 3.63) is 78.4 Å². The molecular formula is C26H31N3O5S. The Morgan fingerprint density at radius 1 is 1.09 bits per heavy atom. The van der Waals surface area contributed by atoms with Gasteiger partial charge in [-0.1, -0.05) is 49.0 Å². The van der Waals surface area contributed by atoms with Crippen molar-refractivity contribution >= 4 is 22.0 Å². The lowest BCUT2D eigenvalue weighted by Crippen LogP contribution is -2.63. The van der Waals surface area contributed by atoms with Crippen molar-refractivity contribution in [1.82, 2.24) is 14.5 Å². The van der Waals surface area contributed by atoms with Gasteiger partial charge < -0.3 is 10.4 Å². The number of piperidine rings is 1. The summed E-state index contributed by atoms with van der Waals surface area (Å²) in [7, 11) is -3.73. The first kappa shape index (κ1) is 24.9. The normalized spacial score (nSPS) is 19.5. The van der Waals surface area contributed by atoms with Gasteiger partial charge in [-0.15, -0.1) is 0 Å². The molecule has 1 atom stereocenters. The van der Waals surface area contributed by atoms with Gasteiger partial charge in [-0.2, -0.15) is 4.31 Å². The SMILES string of the molecule is C=CC(=O)NC1CCN(S(=O)(=O)c2ccc(CN(Cc3ccccc3)C(=O)O)cc2)C2(CCC2)C1. The Morgan fingerprint density at radius 3 is 2.26 bits per heavy atom. The third kappa shape index (κ3) is 5.41. The summed E-state index contributed by atoms with van der Waals surface area (Å²) in [5.74, 6) is -0.237. The van der Waals surface area contributed by atoms with E-state index in [9.17, 15) is 23.1 Å². The predicted octanol–water partition coefficient (Wildman–Crippen LogP) is 3.74. The van der Waals surface area contributed by atoms with Crippen LogP contribution in [-0.2, 0) is 27.9 Å². The molecule has 1 saturated heterocycles. The highest BCUT2D eigenvalue weighted by Gasteiger charge is 2.51. The van der Waals surface area contributed by atoms with Crippen molar-refractivity contribution < 1.29 is 23.1 Å². The van der Waals surface area contributed by atoms with E-state index in [2.05, 4.69) is 11.9 Å². The number of hydrogen-bond donors (Lipinski definition) is 2. The number of rotatable bonds is 8. The summed E-state index contributed by atoms with van der Waals surface area (Å²) in [6.07, 6.45) is 3.85. The van der Waals surface area contributed by atoms with Crippen molar-refractivity contribution in [1.29, 1.82) is 0 Å². The highest BCUT2D eigenvalue weighted by molar-refractivity contribution is 7.89. The van der Waals surface area contributed by atoms with Crippen LogP contribution in [0.5, 0.6) is 0 Å². The molecule has 4 rings (SSSR count). The molecule has 1 spiro atoms. The Balaban J connectivity index is 1.47. The Kier molecular flexibility index (Phi) is 7.28. The second-order valence-electron chi connectivity index (χ2n) is 9.33. The second kappa shape index (κ2) is 10.2. The first-order chi connectivity index (χ1) is 16.7.